The first kappa shape index (κ1) is 15.8. The first-order valence-electron chi connectivity index (χ1n) is 5.67. The van der Waals surface area contributed by atoms with Crippen LogP contribution in [0, 0.1) is 39.7 Å². The SMILES string of the molecule is COc1c(NC=C(C#N)C#N)cc([N+](=O)[O-])c(OC)c1C. The van der Waals surface area contributed by atoms with Crippen molar-refractivity contribution in [2.24, 2.45) is 0 Å². The van der Waals surface area contributed by atoms with Crippen LogP contribution in [0.15, 0.2) is 17.8 Å². The molecule has 1 aromatic carbocycles. The molecule has 0 atom stereocenters. The molecule has 108 valence electrons. The van der Waals surface area contributed by atoms with Gasteiger partial charge in [0, 0.05) is 17.8 Å². The fourth-order valence-electron chi connectivity index (χ4n) is 1.77. The molecule has 0 fully saturated rings. The van der Waals surface area contributed by atoms with Crippen molar-refractivity contribution in [2.75, 3.05) is 19.5 Å². The molecule has 0 amide bonds. The van der Waals surface area contributed by atoms with Crippen molar-refractivity contribution < 1.29 is 14.4 Å². The number of nitriles is 2. The highest BCUT2D eigenvalue weighted by atomic mass is 16.6. The molecule has 0 saturated carbocycles. The Morgan fingerprint density at radius 3 is 2.33 bits per heavy atom. The lowest BCUT2D eigenvalue weighted by Gasteiger charge is -2.14. The fraction of sp³-hybridized carbons (Fsp3) is 0.231. The molecule has 0 spiro atoms. The minimum atomic E-state index is -0.588. The summed E-state index contributed by atoms with van der Waals surface area (Å²) in [4.78, 5) is 10.5. The first-order chi connectivity index (χ1) is 9.99. The van der Waals surface area contributed by atoms with Gasteiger partial charge in [-0.25, -0.2) is 0 Å². The Balaban J connectivity index is 3.46. The number of ether oxygens (including phenoxy) is 2. The van der Waals surface area contributed by atoms with Crippen LogP contribution in [-0.2, 0) is 0 Å². The lowest BCUT2D eigenvalue weighted by molar-refractivity contribution is -0.385. The standard InChI is InChI=1S/C13H12N4O4/c1-8-12(20-2)10(16-7-9(5-14)6-15)4-11(17(18)19)13(8)21-3/h4,7,16H,1-3H3. The third-order valence-electron chi connectivity index (χ3n) is 2.66. The van der Waals surface area contributed by atoms with Gasteiger partial charge in [0.15, 0.2) is 0 Å². The summed E-state index contributed by atoms with van der Waals surface area (Å²) >= 11 is 0. The van der Waals surface area contributed by atoms with Gasteiger partial charge >= 0.3 is 5.69 Å². The minimum Gasteiger partial charge on any atom is -0.494 e. The molecule has 0 bridgehead atoms. The summed E-state index contributed by atoms with van der Waals surface area (Å²) in [6.45, 7) is 1.61. The van der Waals surface area contributed by atoms with Crippen LogP contribution in [0.1, 0.15) is 5.56 Å². The van der Waals surface area contributed by atoms with Gasteiger partial charge in [-0.1, -0.05) is 0 Å². The van der Waals surface area contributed by atoms with Gasteiger partial charge < -0.3 is 14.8 Å². The van der Waals surface area contributed by atoms with E-state index in [4.69, 9.17) is 20.0 Å². The number of nitrogens with one attached hydrogen (secondary N) is 1. The number of benzene rings is 1. The van der Waals surface area contributed by atoms with Gasteiger partial charge in [0.05, 0.1) is 24.8 Å². The van der Waals surface area contributed by atoms with Crippen molar-refractivity contribution >= 4 is 11.4 Å². The molecule has 0 radical (unpaired) electrons. The third-order valence-corrected chi connectivity index (χ3v) is 2.66. The predicted molar refractivity (Wildman–Crippen MR) is 73.9 cm³/mol. The Bertz CT molecular complexity index is 667. The summed E-state index contributed by atoms with van der Waals surface area (Å²) in [6.07, 6.45) is 1.15. The molecule has 1 aromatic rings. The number of methoxy groups -OCH3 is 2. The molecule has 8 heteroatoms. The second-order valence-corrected chi connectivity index (χ2v) is 3.82. The van der Waals surface area contributed by atoms with Crippen LogP contribution in [0.5, 0.6) is 11.5 Å². The van der Waals surface area contributed by atoms with E-state index in [1.165, 1.54) is 20.3 Å². The van der Waals surface area contributed by atoms with Crippen LogP contribution in [0.2, 0.25) is 0 Å². The smallest absolute Gasteiger partial charge is 0.313 e. The molecule has 1 N–H and O–H groups in total. The van der Waals surface area contributed by atoms with Crippen LogP contribution in [0.4, 0.5) is 11.4 Å². The number of anilines is 1. The van der Waals surface area contributed by atoms with E-state index in [0.29, 0.717) is 11.3 Å². The Morgan fingerprint density at radius 2 is 1.90 bits per heavy atom. The molecule has 8 nitrogen and oxygen atoms in total. The molecular formula is C13H12N4O4. The Labute approximate surface area is 121 Å². The average molecular weight is 288 g/mol. The number of hydrogen-bond donors (Lipinski definition) is 1. The van der Waals surface area contributed by atoms with Crippen molar-refractivity contribution in [2.45, 2.75) is 6.92 Å². The van der Waals surface area contributed by atoms with Crippen molar-refractivity contribution in [1.82, 2.24) is 0 Å². The minimum absolute atomic E-state index is 0.0900. The second-order valence-electron chi connectivity index (χ2n) is 3.82. The highest BCUT2D eigenvalue weighted by Crippen LogP contribution is 2.42. The summed E-state index contributed by atoms with van der Waals surface area (Å²) in [5.41, 5.74) is 0.265. The van der Waals surface area contributed by atoms with E-state index < -0.39 is 4.92 Å². The van der Waals surface area contributed by atoms with Crippen LogP contribution in [0.3, 0.4) is 0 Å². The zero-order valence-electron chi connectivity index (χ0n) is 11.6. The molecular weight excluding hydrogens is 276 g/mol. The summed E-state index contributed by atoms with van der Waals surface area (Å²) < 4.78 is 10.2. The quantitative estimate of drug-likeness (QED) is 0.501. The highest BCUT2D eigenvalue weighted by molar-refractivity contribution is 5.72. The van der Waals surface area contributed by atoms with Crippen molar-refractivity contribution in [1.29, 1.82) is 10.5 Å². The number of rotatable bonds is 5. The second kappa shape index (κ2) is 6.78. The number of nitrogens with zero attached hydrogens (tertiary/aromatic N) is 3. The van der Waals surface area contributed by atoms with Gasteiger partial charge in [0.1, 0.15) is 23.5 Å². The highest BCUT2D eigenvalue weighted by Gasteiger charge is 2.23. The molecule has 0 aliphatic heterocycles. The molecule has 0 aliphatic rings. The monoisotopic (exact) mass is 288 g/mol. The fourth-order valence-corrected chi connectivity index (χ4v) is 1.77. The number of hydrogen-bond acceptors (Lipinski definition) is 7. The molecule has 0 unspecified atom stereocenters. The van der Waals surface area contributed by atoms with Gasteiger partial charge in [0.25, 0.3) is 0 Å². The van der Waals surface area contributed by atoms with Crippen LogP contribution < -0.4 is 14.8 Å². The maximum Gasteiger partial charge on any atom is 0.313 e. The van der Waals surface area contributed by atoms with Gasteiger partial charge in [-0.3, -0.25) is 10.1 Å². The van der Waals surface area contributed by atoms with Crippen molar-refractivity contribution in [3.05, 3.63) is 33.5 Å². The van der Waals surface area contributed by atoms with E-state index in [0.717, 1.165) is 6.20 Å². The Morgan fingerprint density at radius 1 is 1.33 bits per heavy atom. The van der Waals surface area contributed by atoms with Gasteiger partial charge in [-0.2, -0.15) is 10.5 Å². The van der Waals surface area contributed by atoms with Gasteiger partial charge in [0.2, 0.25) is 5.75 Å². The van der Waals surface area contributed by atoms with Gasteiger partial charge in [-0.15, -0.1) is 0 Å². The largest absolute Gasteiger partial charge is 0.494 e. The molecule has 1 rings (SSSR count). The van der Waals surface area contributed by atoms with Crippen LogP contribution in [-0.4, -0.2) is 19.1 Å². The molecule has 0 aromatic heterocycles. The van der Waals surface area contributed by atoms with Crippen molar-refractivity contribution in [3.8, 4) is 23.6 Å². The van der Waals surface area contributed by atoms with E-state index in [1.807, 2.05) is 0 Å². The molecule has 0 aliphatic carbocycles. The maximum absolute atomic E-state index is 11.1. The summed E-state index contributed by atoms with van der Waals surface area (Å²) in [7, 11) is 2.73. The van der Waals surface area contributed by atoms with E-state index in [9.17, 15) is 10.1 Å². The van der Waals surface area contributed by atoms with E-state index in [-0.39, 0.29) is 22.7 Å². The zero-order chi connectivity index (χ0) is 16.0. The predicted octanol–water partition coefficient (Wildman–Crippen LogP) is 2.26. The molecule has 21 heavy (non-hydrogen) atoms. The Hall–Kier alpha value is -3.26. The molecule has 0 saturated heterocycles. The maximum atomic E-state index is 11.1. The lowest BCUT2D eigenvalue weighted by Crippen LogP contribution is -2.02. The zero-order valence-corrected chi connectivity index (χ0v) is 11.6. The normalized spacial score (nSPS) is 9.00. The van der Waals surface area contributed by atoms with E-state index in [2.05, 4.69) is 5.32 Å². The number of nitro benzene ring substituents is 1. The number of nitro groups is 1. The van der Waals surface area contributed by atoms with Crippen molar-refractivity contribution in [3.63, 3.8) is 0 Å². The molecule has 0 heterocycles. The lowest BCUT2D eigenvalue weighted by atomic mass is 10.1. The van der Waals surface area contributed by atoms with Gasteiger partial charge in [-0.05, 0) is 6.92 Å². The third kappa shape index (κ3) is 3.19. The van der Waals surface area contributed by atoms with Crippen LogP contribution in [0.25, 0.3) is 0 Å². The first-order valence-corrected chi connectivity index (χ1v) is 5.67. The number of allylic oxidation sites excluding steroid dienone is 1. The van der Waals surface area contributed by atoms with E-state index >= 15 is 0 Å². The summed E-state index contributed by atoms with van der Waals surface area (Å²) in [5.74, 6) is 0.413. The summed E-state index contributed by atoms with van der Waals surface area (Å²) in [6, 6.07) is 4.56. The average Bonchev–Trinajstić information content (AvgIpc) is 2.47. The Kier molecular flexibility index (Phi) is 5.10. The topological polar surface area (TPSA) is 121 Å². The van der Waals surface area contributed by atoms with E-state index in [1.54, 1.807) is 19.1 Å². The van der Waals surface area contributed by atoms with Crippen LogP contribution >= 0.6 is 0 Å². The summed E-state index contributed by atoms with van der Waals surface area (Å²) in [5, 5.41) is 31.1.